The maximum Gasteiger partial charge on any atom is 0.184 e. The van der Waals surface area contributed by atoms with Gasteiger partial charge in [-0.25, -0.2) is 4.58 Å². The number of benzene rings is 2. The smallest absolute Gasteiger partial charge is 0.184 e. The van der Waals surface area contributed by atoms with Crippen molar-refractivity contribution in [3.63, 3.8) is 0 Å². The van der Waals surface area contributed by atoms with Gasteiger partial charge in [0.2, 0.25) is 0 Å². The first-order valence-corrected chi connectivity index (χ1v) is 14.8. The third kappa shape index (κ3) is 8.12. The number of nitrogens with zero attached hydrogens (tertiary/aromatic N) is 1. The average Bonchev–Trinajstić information content (AvgIpc) is 2.95. The van der Waals surface area contributed by atoms with E-state index in [1.54, 1.807) is 21.3 Å². The Hall–Kier alpha value is -2.75. The molecule has 0 aliphatic carbocycles. The molecule has 0 fully saturated rings. The number of methoxy groups -OCH3 is 3. The van der Waals surface area contributed by atoms with Gasteiger partial charge in [-0.1, -0.05) is 83.1 Å². The van der Waals surface area contributed by atoms with Gasteiger partial charge in [0.15, 0.2) is 23.8 Å². The lowest BCUT2D eigenvalue weighted by atomic mass is 9.88. The van der Waals surface area contributed by atoms with Crippen LogP contribution in [-0.2, 0) is 13.0 Å². The van der Waals surface area contributed by atoms with Crippen LogP contribution in [0.15, 0.2) is 36.4 Å². The summed E-state index contributed by atoms with van der Waals surface area (Å²) in [6.45, 7) is 6.43. The van der Waals surface area contributed by atoms with E-state index >= 15 is 0 Å². The van der Waals surface area contributed by atoms with Crippen LogP contribution >= 0.6 is 0 Å². The zero-order chi connectivity index (χ0) is 27.2. The van der Waals surface area contributed by atoms with Gasteiger partial charge in [0, 0.05) is 29.5 Å². The molecule has 38 heavy (non-hydrogen) atoms. The van der Waals surface area contributed by atoms with Crippen LogP contribution in [-0.4, -0.2) is 38.2 Å². The van der Waals surface area contributed by atoms with Crippen molar-refractivity contribution in [2.75, 3.05) is 27.9 Å². The molecule has 1 heterocycles. The lowest BCUT2D eigenvalue weighted by Crippen LogP contribution is -2.30. The van der Waals surface area contributed by atoms with Crippen LogP contribution in [0.2, 0.25) is 0 Å². The molecule has 0 saturated carbocycles. The number of unbranched alkanes of at least 4 members (excludes halogenated alkanes) is 8. The molecule has 3 rings (SSSR count). The summed E-state index contributed by atoms with van der Waals surface area (Å²) in [5.74, 6) is 2.60. The highest BCUT2D eigenvalue weighted by Crippen LogP contribution is 2.39. The Kier molecular flexibility index (Phi) is 12.8. The third-order valence-corrected chi connectivity index (χ3v) is 7.68. The van der Waals surface area contributed by atoms with Crippen LogP contribution in [0.3, 0.4) is 0 Å². The van der Waals surface area contributed by atoms with Gasteiger partial charge in [0.25, 0.3) is 0 Å². The molecule has 0 unspecified atom stereocenters. The lowest BCUT2D eigenvalue weighted by molar-refractivity contribution is -0.545. The van der Waals surface area contributed by atoms with Crippen LogP contribution in [0.1, 0.15) is 107 Å². The fourth-order valence-corrected chi connectivity index (χ4v) is 5.56. The van der Waals surface area contributed by atoms with Crippen molar-refractivity contribution in [1.82, 2.24) is 0 Å². The predicted molar refractivity (Wildman–Crippen MR) is 160 cm³/mol. The van der Waals surface area contributed by atoms with Crippen LogP contribution in [0.4, 0.5) is 0 Å². The maximum absolute atomic E-state index is 5.92. The highest BCUT2D eigenvalue weighted by molar-refractivity contribution is 6.00. The van der Waals surface area contributed by atoms with E-state index in [-0.39, 0.29) is 0 Å². The van der Waals surface area contributed by atoms with E-state index in [1.807, 2.05) is 6.07 Å². The zero-order valence-electron chi connectivity index (χ0n) is 24.6. The second kappa shape index (κ2) is 16.3. The Bertz CT molecular complexity index is 1070. The SMILES string of the molecule is CCCCCC/C=C\c1c2c(cc(OC)c1OC)C(CCCCCCC)=[N+](Cc1cccc(OC)c1)CC2. The summed E-state index contributed by atoms with van der Waals surface area (Å²) in [5, 5.41) is 0. The molecule has 0 saturated heterocycles. The summed E-state index contributed by atoms with van der Waals surface area (Å²) in [4.78, 5) is 0. The number of fused-ring (bicyclic) bond motifs is 1. The number of rotatable bonds is 17. The third-order valence-electron chi connectivity index (χ3n) is 7.68. The Labute approximate surface area is 231 Å². The van der Waals surface area contributed by atoms with Crippen molar-refractivity contribution < 1.29 is 18.8 Å². The first-order chi connectivity index (χ1) is 18.7. The minimum atomic E-state index is 0.823. The summed E-state index contributed by atoms with van der Waals surface area (Å²) in [7, 11) is 5.26. The van der Waals surface area contributed by atoms with Crippen molar-refractivity contribution in [2.45, 2.75) is 97.4 Å². The van der Waals surface area contributed by atoms with Crippen LogP contribution in [0, 0.1) is 0 Å². The molecular formula is C34H50NO3+. The van der Waals surface area contributed by atoms with Gasteiger partial charge in [0.1, 0.15) is 12.3 Å². The van der Waals surface area contributed by atoms with E-state index in [4.69, 9.17) is 14.2 Å². The molecule has 0 bridgehead atoms. The van der Waals surface area contributed by atoms with Gasteiger partial charge in [-0.15, -0.1) is 0 Å². The first kappa shape index (κ1) is 29.8. The Morgan fingerprint density at radius 1 is 0.842 bits per heavy atom. The molecule has 0 amide bonds. The predicted octanol–water partition coefficient (Wildman–Crippen LogP) is 8.61. The minimum Gasteiger partial charge on any atom is -0.497 e. The van der Waals surface area contributed by atoms with E-state index in [9.17, 15) is 0 Å². The highest BCUT2D eigenvalue weighted by Gasteiger charge is 2.30. The maximum atomic E-state index is 5.92. The number of hydrogen-bond donors (Lipinski definition) is 0. The molecule has 0 aromatic heterocycles. The van der Waals surface area contributed by atoms with Gasteiger partial charge in [-0.2, -0.15) is 0 Å². The van der Waals surface area contributed by atoms with Crippen molar-refractivity contribution in [1.29, 1.82) is 0 Å². The monoisotopic (exact) mass is 520 g/mol. The number of ether oxygens (including phenoxy) is 3. The molecule has 1 aliphatic heterocycles. The highest BCUT2D eigenvalue weighted by atomic mass is 16.5. The summed E-state index contributed by atoms with van der Waals surface area (Å²) < 4.78 is 19.9. The van der Waals surface area contributed by atoms with Gasteiger partial charge in [0.05, 0.1) is 21.3 Å². The Balaban J connectivity index is 2.00. The summed E-state index contributed by atoms with van der Waals surface area (Å²) in [6.07, 6.45) is 19.3. The van der Waals surface area contributed by atoms with Gasteiger partial charge in [-0.3, -0.25) is 0 Å². The first-order valence-electron chi connectivity index (χ1n) is 14.8. The minimum absolute atomic E-state index is 0.823. The normalized spacial score (nSPS) is 13.2. The standard InChI is InChI=1S/C34H50NO3/c1-6-8-10-12-14-15-20-30-29-22-23-35(26-27-18-17-19-28(24-27)36-3)32(21-16-13-11-9-7-2)31(29)25-33(37-4)34(30)38-5/h15,17-20,24-25H,6-14,16,21-23,26H2,1-5H3/q+1/b20-15-. The van der Waals surface area contributed by atoms with Crippen LogP contribution in [0.25, 0.3) is 6.08 Å². The van der Waals surface area contributed by atoms with E-state index in [0.717, 1.165) is 49.6 Å². The molecule has 0 N–H and O–H groups in total. The summed E-state index contributed by atoms with van der Waals surface area (Å²) in [5.41, 5.74) is 6.64. The molecule has 4 heteroatoms. The fourth-order valence-electron chi connectivity index (χ4n) is 5.56. The topological polar surface area (TPSA) is 30.7 Å². The molecule has 1 aliphatic rings. The van der Waals surface area contributed by atoms with Crippen LogP contribution < -0.4 is 14.2 Å². The molecule has 0 radical (unpaired) electrons. The quantitative estimate of drug-likeness (QED) is 0.154. The molecule has 0 spiro atoms. The number of hydrogen-bond acceptors (Lipinski definition) is 3. The molecular weight excluding hydrogens is 470 g/mol. The van der Waals surface area contributed by atoms with Gasteiger partial charge in [-0.05, 0) is 43.0 Å². The van der Waals surface area contributed by atoms with Crippen molar-refractivity contribution in [3.8, 4) is 17.2 Å². The molecule has 0 atom stereocenters. The summed E-state index contributed by atoms with van der Waals surface area (Å²) >= 11 is 0. The Morgan fingerprint density at radius 3 is 2.32 bits per heavy atom. The summed E-state index contributed by atoms with van der Waals surface area (Å²) in [6, 6.07) is 10.7. The van der Waals surface area contributed by atoms with Crippen molar-refractivity contribution in [3.05, 3.63) is 58.7 Å². The largest absolute Gasteiger partial charge is 0.497 e. The number of allylic oxidation sites excluding steroid dienone is 1. The second-order valence-corrected chi connectivity index (χ2v) is 10.4. The molecule has 4 nitrogen and oxygen atoms in total. The van der Waals surface area contributed by atoms with Gasteiger partial charge >= 0.3 is 0 Å². The zero-order valence-corrected chi connectivity index (χ0v) is 24.6. The van der Waals surface area contributed by atoms with Gasteiger partial charge < -0.3 is 14.2 Å². The van der Waals surface area contributed by atoms with Crippen molar-refractivity contribution in [2.24, 2.45) is 0 Å². The van der Waals surface area contributed by atoms with Crippen molar-refractivity contribution >= 4 is 11.8 Å². The molecule has 2 aromatic carbocycles. The van der Waals surface area contributed by atoms with E-state index in [2.05, 4.69) is 54.8 Å². The molecule has 208 valence electrons. The van der Waals surface area contributed by atoms with Crippen LogP contribution in [0.5, 0.6) is 17.2 Å². The lowest BCUT2D eigenvalue weighted by Gasteiger charge is -2.24. The second-order valence-electron chi connectivity index (χ2n) is 10.4. The fraction of sp³-hybridized carbons (Fsp3) is 0.559. The average molecular weight is 521 g/mol. The van der Waals surface area contributed by atoms with E-state index < -0.39 is 0 Å². The van der Waals surface area contributed by atoms with E-state index in [1.165, 1.54) is 85.8 Å². The van der Waals surface area contributed by atoms with E-state index in [0.29, 0.717) is 0 Å². The Morgan fingerprint density at radius 2 is 1.61 bits per heavy atom. The molecule has 2 aromatic rings.